The lowest BCUT2D eigenvalue weighted by molar-refractivity contribution is 0.126. The fourth-order valence-electron chi connectivity index (χ4n) is 3.11. The van der Waals surface area contributed by atoms with E-state index >= 15 is 0 Å². The lowest BCUT2D eigenvalue weighted by Crippen LogP contribution is -2.45. The van der Waals surface area contributed by atoms with Crippen LogP contribution in [0.4, 0.5) is 5.82 Å². The maximum absolute atomic E-state index is 9.76. The van der Waals surface area contributed by atoms with Crippen LogP contribution in [-0.4, -0.2) is 33.3 Å². The van der Waals surface area contributed by atoms with E-state index in [1.54, 1.807) is 6.20 Å². The summed E-state index contributed by atoms with van der Waals surface area (Å²) < 4.78 is 0. The molecule has 5 nitrogen and oxygen atoms in total. The quantitative estimate of drug-likeness (QED) is 0.776. The minimum atomic E-state index is -0.139. The van der Waals surface area contributed by atoms with Crippen LogP contribution in [0.5, 0.6) is 0 Å². The molecular formula is C12H18N4O. The Hall–Kier alpha value is -1.20. The summed E-state index contributed by atoms with van der Waals surface area (Å²) in [7, 11) is 0. The highest BCUT2D eigenvalue weighted by atomic mass is 16.3. The fourth-order valence-corrected chi connectivity index (χ4v) is 3.11. The second-order valence-electron chi connectivity index (χ2n) is 4.99. The van der Waals surface area contributed by atoms with Crippen molar-refractivity contribution in [2.24, 2.45) is 5.73 Å². The monoisotopic (exact) mass is 234 g/mol. The van der Waals surface area contributed by atoms with Crippen molar-refractivity contribution >= 4 is 5.82 Å². The highest BCUT2D eigenvalue weighted by Crippen LogP contribution is 2.38. The van der Waals surface area contributed by atoms with Gasteiger partial charge in [0.15, 0.2) is 0 Å². The predicted molar refractivity (Wildman–Crippen MR) is 64.5 cm³/mol. The van der Waals surface area contributed by atoms with Gasteiger partial charge in [-0.1, -0.05) is 0 Å². The van der Waals surface area contributed by atoms with Crippen molar-refractivity contribution in [3.63, 3.8) is 0 Å². The Labute approximate surface area is 101 Å². The van der Waals surface area contributed by atoms with E-state index in [0.717, 1.165) is 37.2 Å². The third kappa shape index (κ3) is 1.89. The van der Waals surface area contributed by atoms with Crippen molar-refractivity contribution in [3.8, 4) is 0 Å². The molecule has 0 aromatic carbocycles. The van der Waals surface area contributed by atoms with Gasteiger partial charge in [0, 0.05) is 18.6 Å². The van der Waals surface area contributed by atoms with E-state index in [0.29, 0.717) is 18.6 Å². The van der Waals surface area contributed by atoms with E-state index in [9.17, 15) is 5.11 Å². The van der Waals surface area contributed by atoms with Crippen molar-refractivity contribution in [1.29, 1.82) is 0 Å². The number of nitrogens with two attached hydrogens (primary N) is 1. The fraction of sp³-hybridized carbons (Fsp3) is 0.667. The van der Waals surface area contributed by atoms with E-state index in [1.807, 2.05) is 6.20 Å². The van der Waals surface area contributed by atoms with Crippen LogP contribution >= 0.6 is 0 Å². The summed E-state index contributed by atoms with van der Waals surface area (Å²) in [5, 5.41) is 9.76. The van der Waals surface area contributed by atoms with Crippen molar-refractivity contribution in [2.45, 2.75) is 50.4 Å². The van der Waals surface area contributed by atoms with Gasteiger partial charge in [0.1, 0.15) is 5.82 Å². The number of nitrogens with zero attached hydrogens (tertiary/aromatic N) is 3. The molecule has 3 heterocycles. The van der Waals surface area contributed by atoms with Crippen LogP contribution in [0.15, 0.2) is 12.4 Å². The molecule has 2 saturated heterocycles. The van der Waals surface area contributed by atoms with Crippen LogP contribution in [0, 0.1) is 0 Å². The molecule has 3 N–H and O–H groups in total. The summed E-state index contributed by atoms with van der Waals surface area (Å²) in [5.41, 5.74) is 6.33. The summed E-state index contributed by atoms with van der Waals surface area (Å²) in [6.45, 7) is 0.429. The number of aromatic nitrogens is 2. The SMILES string of the molecule is NCc1cnc(N2C3CCC2CC(O)C3)cn1. The highest BCUT2D eigenvalue weighted by molar-refractivity contribution is 5.42. The third-order valence-corrected chi connectivity index (χ3v) is 3.87. The molecule has 2 aliphatic heterocycles. The molecule has 0 spiro atoms. The van der Waals surface area contributed by atoms with E-state index in [1.165, 1.54) is 0 Å². The number of piperidine rings is 1. The van der Waals surface area contributed by atoms with Gasteiger partial charge < -0.3 is 15.7 Å². The molecule has 2 fully saturated rings. The number of hydrogen-bond acceptors (Lipinski definition) is 5. The minimum Gasteiger partial charge on any atom is -0.393 e. The van der Waals surface area contributed by atoms with Gasteiger partial charge >= 0.3 is 0 Å². The maximum atomic E-state index is 9.76. The largest absolute Gasteiger partial charge is 0.393 e. The summed E-state index contributed by atoms with van der Waals surface area (Å²) in [6, 6.07) is 0.864. The van der Waals surface area contributed by atoms with Gasteiger partial charge in [0.2, 0.25) is 0 Å². The van der Waals surface area contributed by atoms with E-state index in [4.69, 9.17) is 5.73 Å². The van der Waals surface area contributed by atoms with Crippen LogP contribution in [0.2, 0.25) is 0 Å². The first-order valence-corrected chi connectivity index (χ1v) is 6.25. The molecule has 2 atom stereocenters. The summed E-state index contributed by atoms with van der Waals surface area (Å²) in [4.78, 5) is 11.1. The number of aliphatic hydroxyl groups excluding tert-OH is 1. The Morgan fingerprint density at radius 1 is 1.24 bits per heavy atom. The van der Waals surface area contributed by atoms with Gasteiger partial charge in [-0.25, -0.2) is 4.98 Å². The number of anilines is 1. The molecule has 92 valence electrons. The molecule has 17 heavy (non-hydrogen) atoms. The molecule has 0 amide bonds. The average molecular weight is 234 g/mol. The molecule has 5 heteroatoms. The van der Waals surface area contributed by atoms with Crippen LogP contribution < -0.4 is 10.6 Å². The normalized spacial score (nSPS) is 31.9. The van der Waals surface area contributed by atoms with E-state index in [2.05, 4.69) is 14.9 Å². The van der Waals surface area contributed by atoms with Gasteiger partial charge in [0.05, 0.1) is 24.2 Å². The van der Waals surface area contributed by atoms with Gasteiger partial charge in [-0.05, 0) is 25.7 Å². The predicted octanol–water partition coefficient (Wildman–Crippen LogP) is 0.427. The Balaban J connectivity index is 1.84. The molecule has 2 aliphatic rings. The number of rotatable bonds is 2. The van der Waals surface area contributed by atoms with Crippen LogP contribution in [-0.2, 0) is 6.54 Å². The molecule has 2 bridgehead atoms. The third-order valence-electron chi connectivity index (χ3n) is 3.87. The molecule has 3 rings (SSSR count). The second kappa shape index (κ2) is 4.23. The smallest absolute Gasteiger partial charge is 0.147 e. The molecular weight excluding hydrogens is 216 g/mol. The number of fused-ring (bicyclic) bond motifs is 2. The highest BCUT2D eigenvalue weighted by Gasteiger charge is 2.40. The van der Waals surface area contributed by atoms with Crippen molar-refractivity contribution in [3.05, 3.63) is 18.1 Å². The average Bonchev–Trinajstić information content (AvgIpc) is 2.62. The topological polar surface area (TPSA) is 75.3 Å². The van der Waals surface area contributed by atoms with Crippen molar-refractivity contribution < 1.29 is 5.11 Å². The standard InChI is InChI=1S/C12H18N4O/c13-5-8-6-15-12(7-14-8)16-9-1-2-10(16)4-11(17)3-9/h6-7,9-11,17H,1-5,13H2. The summed E-state index contributed by atoms with van der Waals surface area (Å²) in [6.07, 6.45) is 7.45. The Morgan fingerprint density at radius 3 is 2.47 bits per heavy atom. The minimum absolute atomic E-state index is 0.139. The van der Waals surface area contributed by atoms with Gasteiger partial charge in [-0.15, -0.1) is 0 Å². The Bertz CT molecular complexity index is 380. The second-order valence-corrected chi connectivity index (χ2v) is 4.99. The van der Waals surface area contributed by atoms with E-state index in [-0.39, 0.29) is 6.10 Å². The van der Waals surface area contributed by atoms with Gasteiger partial charge in [-0.3, -0.25) is 4.98 Å². The Morgan fingerprint density at radius 2 is 1.94 bits per heavy atom. The first-order chi connectivity index (χ1) is 8.28. The molecule has 0 radical (unpaired) electrons. The first-order valence-electron chi connectivity index (χ1n) is 6.25. The lowest BCUT2D eigenvalue weighted by atomic mass is 10.0. The molecule has 0 saturated carbocycles. The van der Waals surface area contributed by atoms with E-state index < -0.39 is 0 Å². The number of hydrogen-bond donors (Lipinski definition) is 2. The molecule has 1 aromatic rings. The Kier molecular flexibility index (Phi) is 2.72. The van der Waals surface area contributed by atoms with Crippen LogP contribution in [0.25, 0.3) is 0 Å². The first kappa shape index (κ1) is 10.9. The summed E-state index contributed by atoms with van der Waals surface area (Å²) in [5.74, 6) is 0.932. The molecule has 2 unspecified atom stereocenters. The van der Waals surface area contributed by atoms with Crippen molar-refractivity contribution in [1.82, 2.24) is 9.97 Å². The van der Waals surface area contributed by atoms with Gasteiger partial charge in [0.25, 0.3) is 0 Å². The van der Waals surface area contributed by atoms with Crippen LogP contribution in [0.3, 0.4) is 0 Å². The zero-order chi connectivity index (χ0) is 11.8. The zero-order valence-corrected chi connectivity index (χ0v) is 9.79. The maximum Gasteiger partial charge on any atom is 0.147 e. The molecule has 1 aromatic heterocycles. The lowest BCUT2D eigenvalue weighted by Gasteiger charge is -2.37. The van der Waals surface area contributed by atoms with Gasteiger partial charge in [-0.2, -0.15) is 0 Å². The van der Waals surface area contributed by atoms with Crippen molar-refractivity contribution in [2.75, 3.05) is 4.90 Å². The van der Waals surface area contributed by atoms with Crippen LogP contribution in [0.1, 0.15) is 31.4 Å². The zero-order valence-electron chi connectivity index (χ0n) is 9.79. The summed E-state index contributed by atoms with van der Waals surface area (Å²) >= 11 is 0. The molecule has 0 aliphatic carbocycles. The number of aliphatic hydroxyl groups is 1.